The van der Waals surface area contributed by atoms with Gasteiger partial charge in [-0.2, -0.15) is 10.1 Å². The predicted octanol–water partition coefficient (Wildman–Crippen LogP) is 4.74. The van der Waals surface area contributed by atoms with E-state index in [4.69, 9.17) is 0 Å². The Hall–Kier alpha value is -4.06. The van der Waals surface area contributed by atoms with Crippen LogP contribution in [0.4, 0.5) is 11.4 Å². The summed E-state index contributed by atoms with van der Waals surface area (Å²) >= 11 is 0. The summed E-state index contributed by atoms with van der Waals surface area (Å²) in [5.41, 5.74) is 4.32. The Morgan fingerprint density at radius 2 is 1.59 bits per heavy atom. The molecule has 0 N–H and O–H groups in total. The van der Waals surface area contributed by atoms with Crippen LogP contribution < -0.4 is 5.01 Å². The van der Waals surface area contributed by atoms with Crippen LogP contribution in [-0.2, 0) is 4.79 Å². The van der Waals surface area contributed by atoms with Crippen LogP contribution in [-0.4, -0.2) is 16.5 Å². The Morgan fingerprint density at radius 1 is 0.931 bits per heavy atom. The number of benzene rings is 3. The maximum atomic E-state index is 13.2. The van der Waals surface area contributed by atoms with Crippen molar-refractivity contribution in [3.63, 3.8) is 0 Å². The fourth-order valence-electron chi connectivity index (χ4n) is 3.07. The molecular formula is C23H17N3O3. The van der Waals surface area contributed by atoms with Crippen LogP contribution in [0.15, 0.2) is 89.5 Å². The largest absolute Gasteiger partial charge is 0.281 e. The minimum absolute atomic E-state index is 0.0388. The zero-order chi connectivity index (χ0) is 20.4. The molecule has 1 aliphatic rings. The molecular weight excluding hydrogens is 366 g/mol. The molecule has 0 saturated heterocycles. The number of hydrogen-bond acceptors (Lipinski definition) is 4. The van der Waals surface area contributed by atoms with Crippen molar-refractivity contribution in [3.8, 4) is 0 Å². The molecule has 3 aromatic carbocycles. The first-order valence-corrected chi connectivity index (χ1v) is 9.04. The molecule has 142 valence electrons. The number of hydrogen-bond donors (Lipinski definition) is 0. The first-order chi connectivity index (χ1) is 14.0. The molecule has 0 spiro atoms. The molecule has 0 atom stereocenters. The Kier molecular flexibility index (Phi) is 4.75. The molecule has 1 amide bonds. The van der Waals surface area contributed by atoms with Gasteiger partial charge in [0.2, 0.25) is 0 Å². The number of nitro benzene ring substituents is 1. The zero-order valence-electron chi connectivity index (χ0n) is 15.6. The van der Waals surface area contributed by atoms with Gasteiger partial charge in [0.25, 0.3) is 11.6 Å². The van der Waals surface area contributed by atoms with Crippen LogP contribution in [0.1, 0.15) is 16.7 Å². The Bertz CT molecular complexity index is 1130. The van der Waals surface area contributed by atoms with Gasteiger partial charge in [0, 0.05) is 17.7 Å². The summed E-state index contributed by atoms with van der Waals surface area (Å²) < 4.78 is 0. The Labute approximate surface area is 167 Å². The number of hydrazone groups is 1. The fraction of sp³-hybridized carbons (Fsp3) is 0.0435. The number of anilines is 1. The third-order valence-corrected chi connectivity index (χ3v) is 4.62. The van der Waals surface area contributed by atoms with Gasteiger partial charge in [0.05, 0.1) is 16.2 Å². The van der Waals surface area contributed by atoms with Crippen LogP contribution in [0.3, 0.4) is 0 Å². The molecule has 6 heteroatoms. The maximum absolute atomic E-state index is 13.2. The lowest BCUT2D eigenvalue weighted by Crippen LogP contribution is -2.21. The predicted molar refractivity (Wildman–Crippen MR) is 113 cm³/mol. The third kappa shape index (κ3) is 3.68. The Balaban J connectivity index is 1.78. The van der Waals surface area contributed by atoms with Gasteiger partial charge >= 0.3 is 0 Å². The monoisotopic (exact) mass is 383 g/mol. The van der Waals surface area contributed by atoms with E-state index < -0.39 is 4.92 Å². The molecule has 0 saturated carbocycles. The summed E-state index contributed by atoms with van der Waals surface area (Å²) in [4.78, 5) is 23.6. The van der Waals surface area contributed by atoms with Gasteiger partial charge < -0.3 is 0 Å². The molecule has 29 heavy (non-hydrogen) atoms. The summed E-state index contributed by atoms with van der Waals surface area (Å²) in [6, 6.07) is 23.1. The van der Waals surface area contributed by atoms with Crippen LogP contribution in [0.25, 0.3) is 6.08 Å². The zero-order valence-corrected chi connectivity index (χ0v) is 15.6. The van der Waals surface area contributed by atoms with Crippen LogP contribution in [0.5, 0.6) is 0 Å². The van der Waals surface area contributed by atoms with Crippen LogP contribution in [0.2, 0.25) is 0 Å². The molecule has 4 rings (SSSR count). The van der Waals surface area contributed by atoms with Gasteiger partial charge in [-0.15, -0.1) is 0 Å². The summed E-state index contributed by atoms with van der Waals surface area (Å²) in [5.74, 6) is -0.279. The van der Waals surface area contributed by atoms with Crippen molar-refractivity contribution in [1.29, 1.82) is 0 Å². The number of carbonyl (C=O) groups is 1. The second-order valence-corrected chi connectivity index (χ2v) is 6.67. The second-order valence-electron chi connectivity index (χ2n) is 6.67. The number of amides is 1. The molecule has 1 heterocycles. The molecule has 0 unspecified atom stereocenters. The minimum Gasteiger partial charge on any atom is -0.267 e. The number of nitro groups is 1. The molecule has 1 aliphatic heterocycles. The van der Waals surface area contributed by atoms with Crippen LogP contribution >= 0.6 is 0 Å². The SMILES string of the molecule is Cc1ccc(/C=C2\C(=O)N(c3ccc([N+](=O)[O-])cc3)N=C2c2ccccc2)cc1. The van der Waals surface area contributed by atoms with Crippen molar-refractivity contribution >= 4 is 29.1 Å². The lowest BCUT2D eigenvalue weighted by atomic mass is 10.00. The third-order valence-electron chi connectivity index (χ3n) is 4.62. The number of non-ortho nitro benzene ring substituents is 1. The maximum Gasteiger partial charge on any atom is 0.281 e. The molecule has 6 nitrogen and oxygen atoms in total. The normalized spacial score (nSPS) is 14.9. The highest BCUT2D eigenvalue weighted by Gasteiger charge is 2.32. The standard InChI is InChI=1S/C23H17N3O3/c1-16-7-9-17(10-8-16)15-21-22(18-5-3-2-4-6-18)24-25(23(21)27)19-11-13-20(14-12-19)26(28)29/h2-15H,1H3/b21-15-. The highest BCUT2D eigenvalue weighted by atomic mass is 16.6. The van der Waals surface area contributed by atoms with Gasteiger partial charge in [0.15, 0.2) is 0 Å². The van der Waals surface area contributed by atoms with E-state index >= 15 is 0 Å². The highest BCUT2D eigenvalue weighted by molar-refractivity contribution is 6.37. The molecule has 3 aromatic rings. The first-order valence-electron chi connectivity index (χ1n) is 9.04. The van der Waals surface area contributed by atoms with E-state index in [0.29, 0.717) is 17.0 Å². The summed E-state index contributed by atoms with van der Waals surface area (Å²) in [6.07, 6.45) is 1.82. The van der Waals surface area contributed by atoms with Gasteiger partial charge in [-0.05, 0) is 30.7 Å². The van der Waals surface area contributed by atoms with E-state index in [0.717, 1.165) is 16.7 Å². The van der Waals surface area contributed by atoms with Crippen molar-refractivity contribution in [2.75, 3.05) is 5.01 Å². The van der Waals surface area contributed by atoms with E-state index in [-0.39, 0.29) is 11.6 Å². The summed E-state index contributed by atoms with van der Waals surface area (Å²) in [5, 5.41) is 16.7. The van der Waals surface area contributed by atoms with E-state index in [1.165, 1.54) is 29.3 Å². The van der Waals surface area contributed by atoms with Crippen LogP contribution in [0, 0.1) is 17.0 Å². The number of carbonyl (C=O) groups excluding carboxylic acids is 1. The smallest absolute Gasteiger partial charge is 0.267 e. The average Bonchev–Trinajstić information content (AvgIpc) is 3.06. The molecule has 0 aromatic heterocycles. The second kappa shape index (κ2) is 7.52. The van der Waals surface area contributed by atoms with Crippen molar-refractivity contribution in [3.05, 3.63) is 111 Å². The van der Waals surface area contributed by atoms with Gasteiger partial charge in [-0.1, -0.05) is 60.2 Å². The minimum atomic E-state index is -0.475. The molecule has 0 radical (unpaired) electrons. The van der Waals surface area contributed by atoms with Gasteiger partial charge in [0.1, 0.15) is 5.71 Å². The summed E-state index contributed by atoms with van der Waals surface area (Å²) in [7, 11) is 0. The van der Waals surface area contributed by atoms with E-state index in [9.17, 15) is 14.9 Å². The highest BCUT2D eigenvalue weighted by Crippen LogP contribution is 2.29. The average molecular weight is 383 g/mol. The first kappa shape index (κ1) is 18.3. The van der Waals surface area contributed by atoms with E-state index in [1.807, 2.05) is 67.6 Å². The van der Waals surface area contributed by atoms with Crippen molar-refractivity contribution in [2.45, 2.75) is 6.92 Å². The topological polar surface area (TPSA) is 75.8 Å². The van der Waals surface area contributed by atoms with Crippen molar-refractivity contribution in [1.82, 2.24) is 0 Å². The van der Waals surface area contributed by atoms with Crippen molar-refractivity contribution in [2.24, 2.45) is 5.10 Å². The molecule has 0 aliphatic carbocycles. The quantitative estimate of drug-likeness (QED) is 0.371. The fourth-order valence-corrected chi connectivity index (χ4v) is 3.07. The van der Waals surface area contributed by atoms with Gasteiger partial charge in [-0.25, -0.2) is 0 Å². The lowest BCUT2D eigenvalue weighted by molar-refractivity contribution is -0.384. The van der Waals surface area contributed by atoms with Gasteiger partial charge in [-0.3, -0.25) is 14.9 Å². The van der Waals surface area contributed by atoms with Crippen molar-refractivity contribution < 1.29 is 9.72 Å². The summed E-state index contributed by atoms with van der Waals surface area (Å²) in [6.45, 7) is 2.00. The van der Waals surface area contributed by atoms with E-state index in [1.54, 1.807) is 0 Å². The Morgan fingerprint density at radius 3 is 2.21 bits per heavy atom. The number of aryl methyl sites for hydroxylation is 1. The lowest BCUT2D eigenvalue weighted by Gasteiger charge is -2.11. The molecule has 0 bridgehead atoms. The number of rotatable bonds is 4. The molecule has 0 fully saturated rings. The number of nitrogens with zero attached hydrogens (tertiary/aromatic N) is 3. The van der Waals surface area contributed by atoms with E-state index in [2.05, 4.69) is 5.10 Å².